The molecule has 1 N–H and O–H groups in total. The lowest BCUT2D eigenvalue weighted by Crippen LogP contribution is -2.57. The maximum absolute atomic E-state index is 6.09. The van der Waals surface area contributed by atoms with Crippen molar-refractivity contribution in [2.75, 3.05) is 0 Å². The number of hydrogen-bond donors (Lipinski definition) is 1. The first-order valence-electron chi connectivity index (χ1n) is 9.55. The first-order chi connectivity index (χ1) is 12.3. The summed E-state index contributed by atoms with van der Waals surface area (Å²) in [5.74, 6) is 3.16. The molecule has 0 bridgehead atoms. The molecule has 4 rings (SSSR count). The number of hydrogen-bond acceptors (Lipinski definition) is 3. The van der Waals surface area contributed by atoms with Crippen LogP contribution in [0.5, 0.6) is 0 Å². The van der Waals surface area contributed by atoms with Gasteiger partial charge in [0.1, 0.15) is 5.82 Å². The normalized spacial score (nSPS) is 28.2. The van der Waals surface area contributed by atoms with Gasteiger partial charge in [0.25, 0.3) is 0 Å². The molecule has 0 aliphatic heterocycles. The van der Waals surface area contributed by atoms with E-state index in [9.17, 15) is 0 Å². The van der Waals surface area contributed by atoms with Crippen molar-refractivity contribution in [3.63, 3.8) is 0 Å². The van der Waals surface area contributed by atoms with Crippen LogP contribution in [0.2, 0.25) is 5.02 Å². The second-order valence-corrected chi connectivity index (χ2v) is 7.89. The largest absolute Gasteiger partial charge is 0.309 e. The monoisotopic (exact) mass is 355 g/mol. The summed E-state index contributed by atoms with van der Waals surface area (Å²) in [5, 5.41) is 4.64. The number of aromatic nitrogens is 2. The molecule has 0 amide bonds. The van der Waals surface area contributed by atoms with Gasteiger partial charge >= 0.3 is 0 Å². The molecule has 0 spiro atoms. The van der Waals surface area contributed by atoms with E-state index in [1.165, 1.54) is 36.8 Å². The molecule has 2 aliphatic rings. The molecule has 2 aliphatic carbocycles. The summed E-state index contributed by atoms with van der Waals surface area (Å²) in [6, 6.07) is 9.04. The van der Waals surface area contributed by atoms with Crippen molar-refractivity contribution in [1.82, 2.24) is 15.3 Å². The number of nitrogens with one attached hydrogen (secondary N) is 1. The van der Waals surface area contributed by atoms with E-state index >= 15 is 0 Å². The van der Waals surface area contributed by atoms with Gasteiger partial charge in [-0.2, -0.15) is 0 Å². The average Bonchev–Trinajstić information content (AvgIpc) is 2.65. The lowest BCUT2D eigenvalue weighted by molar-refractivity contribution is 0.0254. The second-order valence-electron chi connectivity index (χ2n) is 7.46. The Balaban J connectivity index is 1.48. The van der Waals surface area contributed by atoms with Crippen molar-refractivity contribution in [1.29, 1.82) is 0 Å². The number of nitrogens with zero attached hydrogens (tertiary/aromatic N) is 2. The minimum Gasteiger partial charge on any atom is -0.309 e. The van der Waals surface area contributed by atoms with Crippen LogP contribution in [0.1, 0.15) is 55.5 Å². The van der Waals surface area contributed by atoms with E-state index in [4.69, 9.17) is 11.6 Å². The van der Waals surface area contributed by atoms with Crippen LogP contribution in [0.4, 0.5) is 0 Å². The number of fused-ring (bicyclic) bond motifs is 1. The number of benzene rings is 1. The fourth-order valence-corrected chi connectivity index (χ4v) is 4.90. The van der Waals surface area contributed by atoms with Gasteiger partial charge in [-0.3, -0.25) is 0 Å². The number of aryl methyl sites for hydroxylation is 1. The summed E-state index contributed by atoms with van der Waals surface area (Å²) < 4.78 is 0. The Morgan fingerprint density at radius 2 is 1.72 bits per heavy atom. The molecule has 4 atom stereocenters. The molecule has 0 unspecified atom stereocenters. The quantitative estimate of drug-likeness (QED) is 0.840. The maximum Gasteiger partial charge on any atom is 0.127 e. The molecule has 4 heteroatoms. The number of halogens is 1. The van der Waals surface area contributed by atoms with Gasteiger partial charge in [0.15, 0.2) is 0 Å². The van der Waals surface area contributed by atoms with E-state index in [-0.39, 0.29) is 0 Å². The Bertz CT molecular complexity index is 698. The molecule has 0 radical (unpaired) electrons. The highest BCUT2D eigenvalue weighted by molar-refractivity contribution is 6.30. The van der Waals surface area contributed by atoms with Gasteiger partial charge in [0.2, 0.25) is 0 Å². The smallest absolute Gasteiger partial charge is 0.127 e. The summed E-state index contributed by atoms with van der Waals surface area (Å²) in [4.78, 5) is 8.84. The van der Waals surface area contributed by atoms with Crippen molar-refractivity contribution in [3.8, 4) is 0 Å². The van der Waals surface area contributed by atoms with Gasteiger partial charge < -0.3 is 5.32 Å². The topological polar surface area (TPSA) is 37.8 Å². The minimum absolute atomic E-state index is 0.553. The van der Waals surface area contributed by atoms with E-state index in [2.05, 4.69) is 34.3 Å². The molecule has 2 saturated carbocycles. The fraction of sp³-hybridized carbons (Fsp3) is 0.524. The second kappa shape index (κ2) is 7.43. The van der Waals surface area contributed by atoms with Crippen LogP contribution in [-0.4, -0.2) is 16.0 Å². The standard InChI is InChI=1S/C21H26ClN3/c1-2-19-23-11-14(12-24-19)13-25-21-18-6-4-3-5-17(18)20(21)15-7-9-16(22)10-8-15/h7-12,17-18,20-21,25H,2-6,13H2,1H3/t17-,18-,20+,21+/m0/s1. The molecule has 2 aromatic rings. The zero-order valence-electron chi connectivity index (χ0n) is 14.8. The van der Waals surface area contributed by atoms with Crippen molar-refractivity contribution in [2.45, 2.75) is 57.5 Å². The summed E-state index contributed by atoms with van der Waals surface area (Å²) in [6.45, 7) is 2.93. The molecular formula is C21H26ClN3. The summed E-state index contributed by atoms with van der Waals surface area (Å²) in [6.07, 6.45) is 10.3. The lowest BCUT2D eigenvalue weighted by Gasteiger charge is -2.55. The zero-order chi connectivity index (χ0) is 17.2. The van der Waals surface area contributed by atoms with Crippen molar-refractivity contribution < 1.29 is 0 Å². The van der Waals surface area contributed by atoms with Gasteiger partial charge in [-0.15, -0.1) is 0 Å². The molecule has 3 nitrogen and oxygen atoms in total. The summed E-state index contributed by atoms with van der Waals surface area (Å²) >= 11 is 6.09. The average molecular weight is 356 g/mol. The molecular weight excluding hydrogens is 330 g/mol. The highest BCUT2D eigenvalue weighted by Crippen LogP contribution is 2.54. The zero-order valence-corrected chi connectivity index (χ0v) is 15.5. The van der Waals surface area contributed by atoms with Crippen LogP contribution in [-0.2, 0) is 13.0 Å². The maximum atomic E-state index is 6.09. The summed E-state index contributed by atoms with van der Waals surface area (Å²) in [7, 11) is 0. The number of rotatable bonds is 5. The van der Waals surface area contributed by atoms with E-state index in [0.29, 0.717) is 12.0 Å². The predicted molar refractivity (Wildman–Crippen MR) is 102 cm³/mol. The van der Waals surface area contributed by atoms with Crippen LogP contribution in [0.15, 0.2) is 36.7 Å². The molecule has 132 valence electrons. The van der Waals surface area contributed by atoms with E-state index in [0.717, 1.165) is 35.6 Å². The third kappa shape index (κ3) is 3.45. The van der Waals surface area contributed by atoms with Crippen LogP contribution >= 0.6 is 11.6 Å². The molecule has 2 fully saturated rings. The third-order valence-electron chi connectivity index (χ3n) is 6.06. The van der Waals surface area contributed by atoms with Gasteiger partial charge in [0.05, 0.1) is 0 Å². The van der Waals surface area contributed by atoms with Crippen LogP contribution < -0.4 is 5.32 Å². The molecule has 0 saturated heterocycles. The molecule has 1 heterocycles. The Kier molecular flexibility index (Phi) is 5.05. The fourth-order valence-electron chi connectivity index (χ4n) is 4.78. The first-order valence-corrected chi connectivity index (χ1v) is 9.92. The Labute approximate surface area is 155 Å². The van der Waals surface area contributed by atoms with Crippen LogP contribution in [0.3, 0.4) is 0 Å². The Morgan fingerprint density at radius 3 is 2.40 bits per heavy atom. The molecule has 25 heavy (non-hydrogen) atoms. The molecule has 1 aromatic carbocycles. The molecule has 1 aromatic heterocycles. The van der Waals surface area contributed by atoms with E-state index in [1.807, 2.05) is 24.5 Å². The van der Waals surface area contributed by atoms with E-state index < -0.39 is 0 Å². The predicted octanol–water partition coefficient (Wildman–Crippen LogP) is 4.75. The SMILES string of the molecule is CCc1ncc(CN[C@@H]2[C@H]3CCCC[C@@H]3[C@H]2c2ccc(Cl)cc2)cn1. The highest BCUT2D eigenvalue weighted by Gasteiger charge is 2.50. The highest BCUT2D eigenvalue weighted by atomic mass is 35.5. The van der Waals surface area contributed by atoms with Crippen LogP contribution in [0.25, 0.3) is 0 Å². The minimum atomic E-state index is 0.553. The van der Waals surface area contributed by atoms with Gasteiger partial charge in [-0.05, 0) is 42.4 Å². The van der Waals surface area contributed by atoms with E-state index in [1.54, 1.807) is 0 Å². The van der Waals surface area contributed by atoms with Crippen molar-refractivity contribution in [2.24, 2.45) is 11.8 Å². The van der Waals surface area contributed by atoms with Crippen molar-refractivity contribution >= 4 is 11.6 Å². The lowest BCUT2D eigenvalue weighted by atomic mass is 9.53. The Morgan fingerprint density at radius 1 is 1.04 bits per heavy atom. The van der Waals surface area contributed by atoms with Crippen molar-refractivity contribution in [3.05, 3.63) is 58.6 Å². The summed E-state index contributed by atoms with van der Waals surface area (Å²) in [5.41, 5.74) is 2.61. The van der Waals surface area contributed by atoms with Gasteiger partial charge in [-0.25, -0.2) is 9.97 Å². The third-order valence-corrected chi connectivity index (χ3v) is 6.31. The Hall–Kier alpha value is -1.45. The van der Waals surface area contributed by atoms with Gasteiger partial charge in [0, 0.05) is 47.9 Å². The van der Waals surface area contributed by atoms with Crippen LogP contribution in [0, 0.1) is 11.8 Å². The first kappa shape index (κ1) is 17.0. The van der Waals surface area contributed by atoms with Gasteiger partial charge in [-0.1, -0.05) is 43.5 Å².